The summed E-state index contributed by atoms with van der Waals surface area (Å²) in [6, 6.07) is 0.408. The number of nitrogens with zero attached hydrogens (tertiary/aromatic N) is 1. The van der Waals surface area contributed by atoms with Gasteiger partial charge in [0.2, 0.25) is 5.91 Å². The summed E-state index contributed by atoms with van der Waals surface area (Å²) in [7, 11) is 0. The van der Waals surface area contributed by atoms with Crippen LogP contribution in [0.15, 0.2) is 10.6 Å². The van der Waals surface area contributed by atoms with Crippen molar-refractivity contribution in [2.45, 2.75) is 19.4 Å². The van der Waals surface area contributed by atoms with Crippen molar-refractivity contribution in [1.82, 2.24) is 5.16 Å². The van der Waals surface area contributed by atoms with Crippen LogP contribution >= 0.6 is 0 Å². The first kappa shape index (κ1) is 11.2. The van der Waals surface area contributed by atoms with Gasteiger partial charge in [-0.05, 0) is 6.92 Å². The molecule has 0 aliphatic heterocycles. The van der Waals surface area contributed by atoms with E-state index in [1.807, 2.05) is 0 Å². The number of nitrogens with two attached hydrogens (primary N) is 1. The number of nitrogens with one attached hydrogen (secondary N) is 1. The Morgan fingerprint density at radius 2 is 2.40 bits per heavy atom. The number of carbonyl (C=O) groups is 2. The van der Waals surface area contributed by atoms with E-state index in [9.17, 15) is 9.59 Å². The summed E-state index contributed by atoms with van der Waals surface area (Å²) in [5.41, 5.74) is 5.32. The van der Waals surface area contributed by atoms with E-state index in [0.29, 0.717) is 5.76 Å². The summed E-state index contributed by atoms with van der Waals surface area (Å²) in [5, 5.41) is 14.3. The summed E-state index contributed by atoms with van der Waals surface area (Å²) in [6.45, 7) is 1.67. The van der Waals surface area contributed by atoms with Gasteiger partial charge in [-0.2, -0.15) is 0 Å². The molecule has 1 aromatic heterocycles. The van der Waals surface area contributed by atoms with Crippen molar-refractivity contribution >= 4 is 17.7 Å². The third kappa shape index (κ3) is 3.39. The molecule has 0 aliphatic carbocycles. The Kier molecular flexibility index (Phi) is 3.40. The average Bonchev–Trinajstić information content (AvgIpc) is 2.50. The van der Waals surface area contributed by atoms with Gasteiger partial charge in [0.15, 0.2) is 5.82 Å². The van der Waals surface area contributed by atoms with Crippen molar-refractivity contribution in [2.24, 2.45) is 5.73 Å². The molecule has 0 aromatic carbocycles. The molecule has 4 N–H and O–H groups in total. The Bertz CT molecular complexity index is 374. The van der Waals surface area contributed by atoms with Gasteiger partial charge >= 0.3 is 5.97 Å². The van der Waals surface area contributed by atoms with E-state index in [1.165, 1.54) is 6.07 Å². The van der Waals surface area contributed by atoms with Gasteiger partial charge in [-0.3, -0.25) is 9.59 Å². The van der Waals surface area contributed by atoms with Gasteiger partial charge in [0.1, 0.15) is 5.76 Å². The van der Waals surface area contributed by atoms with Crippen LogP contribution in [-0.2, 0) is 9.59 Å². The summed E-state index contributed by atoms with van der Waals surface area (Å²) >= 11 is 0. The lowest BCUT2D eigenvalue weighted by atomic mass is 10.2. The standard InChI is InChI=1S/C8H11N3O4/c1-4-2-6(11-15-4)10-8(14)5(9)3-7(12)13/h2,5H,3,9H2,1H3,(H,12,13)(H,10,11,14). The highest BCUT2D eigenvalue weighted by Gasteiger charge is 2.17. The number of anilines is 1. The molecule has 0 radical (unpaired) electrons. The number of carboxylic acid groups (broad SMARTS) is 1. The number of carbonyl (C=O) groups excluding carboxylic acids is 1. The number of hydrogen-bond donors (Lipinski definition) is 3. The Labute approximate surface area is 85.2 Å². The summed E-state index contributed by atoms with van der Waals surface area (Å²) in [5.74, 6) is -0.977. The lowest BCUT2D eigenvalue weighted by Gasteiger charge is -2.06. The molecule has 1 unspecified atom stereocenters. The predicted octanol–water partition coefficient (Wildman–Crippen LogP) is -0.276. The van der Waals surface area contributed by atoms with Gasteiger partial charge in [0, 0.05) is 6.07 Å². The van der Waals surface area contributed by atoms with E-state index in [1.54, 1.807) is 6.92 Å². The Morgan fingerprint density at radius 1 is 1.73 bits per heavy atom. The van der Waals surface area contributed by atoms with Gasteiger partial charge in [-0.25, -0.2) is 0 Å². The van der Waals surface area contributed by atoms with Crippen LogP contribution in [0.1, 0.15) is 12.2 Å². The van der Waals surface area contributed by atoms with Crippen LogP contribution in [0.3, 0.4) is 0 Å². The van der Waals surface area contributed by atoms with Crippen molar-refractivity contribution in [3.05, 3.63) is 11.8 Å². The van der Waals surface area contributed by atoms with Crippen molar-refractivity contribution in [2.75, 3.05) is 5.32 Å². The van der Waals surface area contributed by atoms with E-state index >= 15 is 0 Å². The monoisotopic (exact) mass is 213 g/mol. The van der Waals surface area contributed by atoms with Gasteiger partial charge < -0.3 is 20.7 Å². The first-order valence-electron chi connectivity index (χ1n) is 4.20. The quantitative estimate of drug-likeness (QED) is 0.633. The van der Waals surface area contributed by atoms with E-state index < -0.39 is 24.3 Å². The molecule has 0 saturated heterocycles. The lowest BCUT2D eigenvalue weighted by Crippen LogP contribution is -2.37. The van der Waals surface area contributed by atoms with Crippen molar-refractivity contribution < 1.29 is 19.2 Å². The van der Waals surface area contributed by atoms with Crippen LogP contribution in [-0.4, -0.2) is 28.2 Å². The first-order valence-corrected chi connectivity index (χ1v) is 4.20. The van der Waals surface area contributed by atoms with Crippen LogP contribution < -0.4 is 11.1 Å². The molecule has 0 fully saturated rings. The maximum atomic E-state index is 11.3. The lowest BCUT2D eigenvalue weighted by molar-refractivity contribution is -0.138. The molecule has 7 heteroatoms. The number of hydrogen-bond acceptors (Lipinski definition) is 5. The zero-order valence-electron chi connectivity index (χ0n) is 8.06. The number of aryl methyl sites for hydroxylation is 1. The number of rotatable bonds is 4. The molecule has 0 aliphatic rings. The molecule has 1 amide bonds. The van der Waals surface area contributed by atoms with Crippen LogP contribution in [0.5, 0.6) is 0 Å². The van der Waals surface area contributed by atoms with E-state index in [0.717, 1.165) is 0 Å². The van der Waals surface area contributed by atoms with Gasteiger partial charge in [0.25, 0.3) is 0 Å². The van der Waals surface area contributed by atoms with E-state index in [-0.39, 0.29) is 5.82 Å². The molecule has 0 spiro atoms. The molecule has 1 heterocycles. The van der Waals surface area contributed by atoms with Crippen LogP contribution in [0.2, 0.25) is 0 Å². The largest absolute Gasteiger partial charge is 0.481 e. The minimum absolute atomic E-state index is 0.221. The Hall–Kier alpha value is -1.89. The molecule has 1 aromatic rings. The minimum atomic E-state index is -1.13. The fraction of sp³-hybridized carbons (Fsp3) is 0.375. The summed E-state index contributed by atoms with van der Waals surface area (Å²) < 4.78 is 4.70. The van der Waals surface area contributed by atoms with E-state index in [2.05, 4.69) is 10.5 Å². The Morgan fingerprint density at radius 3 is 2.87 bits per heavy atom. The van der Waals surface area contributed by atoms with Crippen LogP contribution in [0.25, 0.3) is 0 Å². The molecule has 1 atom stereocenters. The van der Waals surface area contributed by atoms with Crippen LogP contribution in [0.4, 0.5) is 5.82 Å². The molecule has 7 nitrogen and oxygen atoms in total. The van der Waals surface area contributed by atoms with Gasteiger partial charge in [-0.15, -0.1) is 0 Å². The normalized spacial score (nSPS) is 12.1. The zero-order valence-corrected chi connectivity index (χ0v) is 8.06. The van der Waals surface area contributed by atoms with E-state index in [4.69, 9.17) is 15.4 Å². The van der Waals surface area contributed by atoms with Crippen molar-refractivity contribution in [3.63, 3.8) is 0 Å². The second kappa shape index (κ2) is 4.56. The molecular weight excluding hydrogens is 202 g/mol. The molecule has 82 valence electrons. The maximum Gasteiger partial charge on any atom is 0.305 e. The van der Waals surface area contributed by atoms with Gasteiger partial charge in [0.05, 0.1) is 12.5 Å². The second-order valence-corrected chi connectivity index (χ2v) is 3.02. The highest BCUT2D eigenvalue weighted by molar-refractivity contribution is 5.95. The fourth-order valence-electron chi connectivity index (χ4n) is 0.925. The predicted molar refractivity (Wildman–Crippen MR) is 50.1 cm³/mol. The SMILES string of the molecule is Cc1cc(NC(=O)C(N)CC(=O)O)no1. The molecule has 0 saturated carbocycles. The third-order valence-corrected chi connectivity index (χ3v) is 1.61. The van der Waals surface area contributed by atoms with Gasteiger partial charge in [-0.1, -0.05) is 5.16 Å². The Balaban J connectivity index is 2.52. The number of aliphatic carboxylic acids is 1. The minimum Gasteiger partial charge on any atom is -0.481 e. The summed E-state index contributed by atoms with van der Waals surface area (Å²) in [6.07, 6.45) is -0.428. The second-order valence-electron chi connectivity index (χ2n) is 3.02. The average molecular weight is 213 g/mol. The van der Waals surface area contributed by atoms with Crippen LogP contribution in [0, 0.1) is 6.92 Å². The molecular formula is C8H11N3O4. The van der Waals surface area contributed by atoms with Crippen molar-refractivity contribution in [3.8, 4) is 0 Å². The number of carboxylic acids is 1. The number of amides is 1. The smallest absolute Gasteiger partial charge is 0.305 e. The molecule has 15 heavy (non-hydrogen) atoms. The number of aromatic nitrogens is 1. The summed E-state index contributed by atoms with van der Waals surface area (Å²) in [4.78, 5) is 21.6. The topological polar surface area (TPSA) is 118 Å². The molecule has 1 rings (SSSR count). The molecule has 0 bridgehead atoms. The maximum absolute atomic E-state index is 11.3. The first-order chi connectivity index (χ1) is 6.99. The highest BCUT2D eigenvalue weighted by atomic mass is 16.5. The third-order valence-electron chi connectivity index (χ3n) is 1.61. The highest BCUT2D eigenvalue weighted by Crippen LogP contribution is 2.07. The van der Waals surface area contributed by atoms with Crippen molar-refractivity contribution in [1.29, 1.82) is 0 Å². The zero-order chi connectivity index (χ0) is 11.4. The fourth-order valence-corrected chi connectivity index (χ4v) is 0.925.